The number of carbonyl (C=O) groups is 3. The molecule has 0 unspecified atom stereocenters. The molecule has 0 saturated carbocycles. The van der Waals surface area contributed by atoms with Crippen LogP contribution in [0.1, 0.15) is 19.8 Å². The Kier molecular flexibility index (Phi) is 6.86. The molecule has 1 atom stereocenters. The summed E-state index contributed by atoms with van der Waals surface area (Å²) in [5.74, 6) is 0.0467. The second kappa shape index (κ2) is 9.54. The first kappa shape index (κ1) is 20.1. The van der Waals surface area contributed by atoms with Gasteiger partial charge >= 0.3 is 0 Å². The van der Waals surface area contributed by atoms with Gasteiger partial charge in [-0.25, -0.2) is 0 Å². The van der Waals surface area contributed by atoms with E-state index in [9.17, 15) is 14.4 Å². The molecule has 2 saturated heterocycles. The average molecular weight is 389 g/mol. The number of rotatable bonds is 7. The fourth-order valence-corrected chi connectivity index (χ4v) is 3.30. The summed E-state index contributed by atoms with van der Waals surface area (Å²) in [5.41, 5.74) is 0.725. The van der Waals surface area contributed by atoms with Crippen LogP contribution < -0.4 is 15.0 Å². The van der Waals surface area contributed by atoms with E-state index in [2.05, 4.69) is 5.32 Å². The van der Waals surface area contributed by atoms with Gasteiger partial charge in [0.15, 0.2) is 6.61 Å². The first-order chi connectivity index (χ1) is 13.6. The van der Waals surface area contributed by atoms with Crippen LogP contribution in [0.4, 0.5) is 5.69 Å². The molecule has 3 rings (SSSR count). The topological polar surface area (TPSA) is 88.2 Å². The highest BCUT2D eigenvalue weighted by Gasteiger charge is 2.34. The molecule has 0 aromatic heterocycles. The van der Waals surface area contributed by atoms with E-state index in [0.717, 1.165) is 12.1 Å². The van der Waals surface area contributed by atoms with Crippen LogP contribution in [0.15, 0.2) is 24.3 Å². The molecular weight excluding hydrogens is 362 g/mol. The smallest absolute Gasteiger partial charge is 0.260 e. The molecule has 8 nitrogen and oxygen atoms in total. The third-order valence-corrected chi connectivity index (χ3v) is 4.92. The molecule has 0 spiro atoms. The van der Waals surface area contributed by atoms with Crippen LogP contribution in [0.25, 0.3) is 0 Å². The van der Waals surface area contributed by atoms with Crippen molar-refractivity contribution in [1.29, 1.82) is 0 Å². The van der Waals surface area contributed by atoms with Crippen molar-refractivity contribution < 1.29 is 23.9 Å². The minimum atomic E-state index is -0.318. The van der Waals surface area contributed by atoms with Crippen molar-refractivity contribution in [3.05, 3.63) is 24.3 Å². The molecular formula is C20H27N3O5. The van der Waals surface area contributed by atoms with E-state index in [0.29, 0.717) is 45.1 Å². The highest BCUT2D eigenvalue weighted by Crippen LogP contribution is 2.27. The number of nitrogens with zero attached hydrogens (tertiary/aromatic N) is 2. The van der Waals surface area contributed by atoms with Gasteiger partial charge in [0.1, 0.15) is 5.75 Å². The van der Waals surface area contributed by atoms with Gasteiger partial charge in [-0.1, -0.05) is 6.92 Å². The number of anilines is 1. The molecule has 0 aliphatic carbocycles. The Balaban J connectivity index is 1.51. The normalized spacial score (nSPS) is 19.6. The molecule has 28 heavy (non-hydrogen) atoms. The molecule has 2 aliphatic heterocycles. The third kappa shape index (κ3) is 5.01. The van der Waals surface area contributed by atoms with Crippen molar-refractivity contribution >= 4 is 23.4 Å². The quantitative estimate of drug-likeness (QED) is 0.745. The van der Waals surface area contributed by atoms with E-state index in [4.69, 9.17) is 9.47 Å². The summed E-state index contributed by atoms with van der Waals surface area (Å²) in [6, 6.07) is 7.02. The Labute approximate surface area is 164 Å². The van der Waals surface area contributed by atoms with Crippen LogP contribution >= 0.6 is 0 Å². The second-order valence-corrected chi connectivity index (χ2v) is 6.97. The van der Waals surface area contributed by atoms with E-state index in [1.165, 1.54) is 0 Å². The van der Waals surface area contributed by atoms with Crippen LogP contribution in [0, 0.1) is 5.92 Å². The van der Waals surface area contributed by atoms with Crippen LogP contribution in [-0.2, 0) is 19.1 Å². The van der Waals surface area contributed by atoms with Crippen molar-refractivity contribution in [3.8, 4) is 5.75 Å². The van der Waals surface area contributed by atoms with Crippen molar-refractivity contribution in [2.45, 2.75) is 19.8 Å². The van der Waals surface area contributed by atoms with Crippen LogP contribution in [0.2, 0.25) is 0 Å². The first-order valence-corrected chi connectivity index (χ1v) is 9.75. The number of nitrogens with one attached hydrogen (secondary N) is 1. The lowest BCUT2D eigenvalue weighted by Crippen LogP contribution is -2.42. The monoisotopic (exact) mass is 389 g/mol. The number of morpholine rings is 1. The van der Waals surface area contributed by atoms with Crippen LogP contribution in [0.5, 0.6) is 5.75 Å². The number of hydrogen-bond acceptors (Lipinski definition) is 5. The van der Waals surface area contributed by atoms with Gasteiger partial charge in [0.05, 0.1) is 19.1 Å². The fourth-order valence-electron chi connectivity index (χ4n) is 3.30. The van der Waals surface area contributed by atoms with Gasteiger partial charge in [-0.15, -0.1) is 0 Å². The summed E-state index contributed by atoms with van der Waals surface area (Å²) in [7, 11) is 0. The summed E-state index contributed by atoms with van der Waals surface area (Å²) in [6.45, 7) is 5.26. The predicted octanol–water partition coefficient (Wildman–Crippen LogP) is 0.803. The Bertz CT molecular complexity index is 700. The fraction of sp³-hybridized carbons (Fsp3) is 0.550. The van der Waals surface area contributed by atoms with E-state index < -0.39 is 0 Å². The van der Waals surface area contributed by atoms with Crippen molar-refractivity contribution in [2.24, 2.45) is 5.92 Å². The molecule has 1 aromatic rings. The maximum Gasteiger partial charge on any atom is 0.260 e. The lowest BCUT2D eigenvalue weighted by Gasteiger charge is -2.26. The summed E-state index contributed by atoms with van der Waals surface area (Å²) < 4.78 is 10.8. The molecule has 3 amide bonds. The van der Waals surface area contributed by atoms with Gasteiger partial charge in [-0.05, 0) is 30.7 Å². The van der Waals surface area contributed by atoms with Crippen molar-refractivity contribution in [3.63, 3.8) is 0 Å². The number of amides is 3. The number of benzene rings is 1. The second-order valence-electron chi connectivity index (χ2n) is 6.97. The Morgan fingerprint density at radius 3 is 2.61 bits per heavy atom. The lowest BCUT2D eigenvalue weighted by atomic mass is 10.1. The molecule has 2 heterocycles. The lowest BCUT2D eigenvalue weighted by molar-refractivity contribution is -0.137. The van der Waals surface area contributed by atoms with Gasteiger partial charge in [-0.3, -0.25) is 14.4 Å². The van der Waals surface area contributed by atoms with E-state index in [1.54, 1.807) is 34.1 Å². The van der Waals surface area contributed by atoms with Gasteiger partial charge < -0.3 is 24.6 Å². The Morgan fingerprint density at radius 2 is 1.93 bits per heavy atom. The van der Waals surface area contributed by atoms with Gasteiger partial charge in [0, 0.05) is 38.3 Å². The molecule has 1 N–H and O–H groups in total. The summed E-state index contributed by atoms with van der Waals surface area (Å²) >= 11 is 0. The van der Waals surface area contributed by atoms with E-state index in [-0.39, 0.29) is 36.7 Å². The van der Waals surface area contributed by atoms with Crippen LogP contribution in [-0.4, -0.2) is 68.6 Å². The largest absolute Gasteiger partial charge is 0.484 e. The van der Waals surface area contributed by atoms with E-state index >= 15 is 0 Å². The summed E-state index contributed by atoms with van der Waals surface area (Å²) in [4.78, 5) is 39.9. The number of hydrogen-bond donors (Lipinski definition) is 1. The zero-order valence-electron chi connectivity index (χ0n) is 16.2. The van der Waals surface area contributed by atoms with Gasteiger partial charge in [-0.2, -0.15) is 0 Å². The minimum Gasteiger partial charge on any atom is -0.484 e. The molecule has 0 radical (unpaired) electrons. The molecule has 2 fully saturated rings. The number of ether oxygens (including phenoxy) is 2. The minimum absolute atomic E-state index is 0.0261. The Hall–Kier alpha value is -2.61. The maximum atomic E-state index is 12.3. The highest BCUT2D eigenvalue weighted by molar-refractivity contribution is 6.00. The summed E-state index contributed by atoms with van der Waals surface area (Å²) in [5, 5.41) is 2.85. The molecule has 0 bridgehead atoms. The Morgan fingerprint density at radius 1 is 1.21 bits per heavy atom. The highest BCUT2D eigenvalue weighted by atomic mass is 16.5. The molecule has 2 aliphatic rings. The maximum absolute atomic E-state index is 12.3. The average Bonchev–Trinajstić information content (AvgIpc) is 3.13. The molecule has 1 aromatic carbocycles. The van der Waals surface area contributed by atoms with E-state index in [1.807, 2.05) is 6.92 Å². The molecule has 8 heteroatoms. The summed E-state index contributed by atoms with van der Waals surface area (Å²) in [6.07, 6.45) is 1.09. The zero-order valence-corrected chi connectivity index (χ0v) is 16.2. The predicted molar refractivity (Wildman–Crippen MR) is 103 cm³/mol. The first-order valence-electron chi connectivity index (χ1n) is 9.75. The van der Waals surface area contributed by atoms with Crippen LogP contribution in [0.3, 0.4) is 0 Å². The number of carbonyl (C=O) groups excluding carboxylic acids is 3. The van der Waals surface area contributed by atoms with Gasteiger partial charge in [0.25, 0.3) is 5.91 Å². The zero-order chi connectivity index (χ0) is 19.9. The third-order valence-electron chi connectivity index (χ3n) is 4.92. The van der Waals surface area contributed by atoms with Gasteiger partial charge in [0.2, 0.25) is 11.8 Å². The van der Waals surface area contributed by atoms with Crippen molar-refractivity contribution in [2.75, 3.05) is 50.9 Å². The SMILES string of the molecule is CCCNC(=O)[C@H]1CC(=O)N(c2ccc(OCC(=O)N3CCOCC3)cc2)C1. The van der Waals surface area contributed by atoms with Crippen molar-refractivity contribution in [1.82, 2.24) is 10.2 Å². The standard InChI is InChI=1S/C20H27N3O5/c1-2-7-21-20(26)15-12-18(24)23(13-15)16-3-5-17(6-4-16)28-14-19(25)22-8-10-27-11-9-22/h3-6,15H,2,7-14H2,1H3,(H,21,26)/t15-/m0/s1. The molecule has 152 valence electrons.